The molecule has 120 valence electrons. The van der Waals surface area contributed by atoms with E-state index in [0.717, 1.165) is 30.9 Å². The molecule has 0 radical (unpaired) electrons. The van der Waals surface area contributed by atoms with Crippen LogP contribution in [0, 0.1) is 0 Å². The van der Waals surface area contributed by atoms with Crippen LogP contribution in [0.1, 0.15) is 25.3 Å². The Morgan fingerprint density at radius 3 is 3.05 bits per heavy atom. The van der Waals surface area contributed by atoms with Gasteiger partial charge in [-0.15, -0.1) is 0 Å². The lowest BCUT2D eigenvalue weighted by Crippen LogP contribution is -2.46. The Kier molecular flexibility index (Phi) is 5.29. The Bertz CT molecular complexity index is 574. The first kappa shape index (κ1) is 16.1. The van der Waals surface area contributed by atoms with Crippen LogP contribution in [0.25, 0.3) is 6.08 Å². The molecular formula is C17H22Cl2N2O. The van der Waals surface area contributed by atoms with E-state index in [4.69, 9.17) is 27.9 Å². The normalized spacial score (nSPS) is 22.0. The van der Waals surface area contributed by atoms with Gasteiger partial charge in [-0.25, -0.2) is 0 Å². The average Bonchev–Trinajstić information content (AvgIpc) is 2.52. The zero-order valence-electron chi connectivity index (χ0n) is 12.9. The number of rotatable bonds is 4. The number of nitrogens with one attached hydrogen (secondary N) is 1. The Morgan fingerprint density at radius 1 is 1.36 bits per heavy atom. The van der Waals surface area contributed by atoms with Crippen LogP contribution < -0.4 is 10.1 Å². The molecule has 0 spiro atoms. The number of hydrogen-bond donors (Lipinski definition) is 1. The van der Waals surface area contributed by atoms with E-state index in [9.17, 15) is 0 Å². The molecule has 1 aromatic rings. The van der Waals surface area contributed by atoms with Crippen LogP contribution in [-0.4, -0.2) is 43.7 Å². The van der Waals surface area contributed by atoms with Crippen molar-refractivity contribution in [1.29, 1.82) is 0 Å². The Hall–Kier alpha value is -0.740. The minimum absolute atomic E-state index is 0.568. The van der Waals surface area contributed by atoms with Gasteiger partial charge in [0.05, 0.1) is 5.02 Å². The van der Waals surface area contributed by atoms with E-state index in [1.807, 2.05) is 6.07 Å². The number of fused-ring (bicyclic) bond motifs is 1. The van der Waals surface area contributed by atoms with Gasteiger partial charge < -0.3 is 15.0 Å². The molecule has 5 heteroatoms. The number of nitrogens with zero attached hydrogens (tertiary/aromatic N) is 1. The monoisotopic (exact) mass is 340 g/mol. The van der Waals surface area contributed by atoms with Gasteiger partial charge in [0.1, 0.15) is 12.4 Å². The molecule has 1 N–H and O–H groups in total. The summed E-state index contributed by atoms with van der Waals surface area (Å²) in [6.07, 6.45) is 4.66. The molecule has 0 saturated carbocycles. The van der Waals surface area contributed by atoms with Crippen LogP contribution >= 0.6 is 23.2 Å². The highest BCUT2D eigenvalue weighted by atomic mass is 35.5. The quantitative estimate of drug-likeness (QED) is 0.900. The molecule has 0 aliphatic carbocycles. The summed E-state index contributed by atoms with van der Waals surface area (Å²) in [4.78, 5) is 2.50. The Morgan fingerprint density at radius 2 is 2.23 bits per heavy atom. The molecule has 2 aliphatic heterocycles. The van der Waals surface area contributed by atoms with Crippen molar-refractivity contribution in [2.24, 2.45) is 0 Å². The number of likely N-dealkylation sites (tertiary alicyclic amines) is 1. The number of piperidine rings is 1. The van der Waals surface area contributed by atoms with Crippen molar-refractivity contribution in [1.82, 2.24) is 10.2 Å². The summed E-state index contributed by atoms with van der Waals surface area (Å²) in [5.74, 6) is 0.740. The molecule has 22 heavy (non-hydrogen) atoms. The van der Waals surface area contributed by atoms with Gasteiger partial charge in [-0.3, -0.25) is 0 Å². The molecule has 3 rings (SSSR count). The molecule has 3 nitrogen and oxygen atoms in total. The topological polar surface area (TPSA) is 24.5 Å². The summed E-state index contributed by atoms with van der Waals surface area (Å²) in [7, 11) is 0. The summed E-state index contributed by atoms with van der Waals surface area (Å²) < 4.78 is 5.79. The molecule has 1 aromatic carbocycles. The second-order valence-electron chi connectivity index (χ2n) is 6.01. The second-order valence-corrected chi connectivity index (χ2v) is 6.85. The van der Waals surface area contributed by atoms with Crippen molar-refractivity contribution < 1.29 is 4.74 Å². The molecule has 1 atom stereocenters. The fourth-order valence-corrected chi connectivity index (χ4v) is 3.72. The van der Waals surface area contributed by atoms with Gasteiger partial charge in [0.15, 0.2) is 0 Å². The van der Waals surface area contributed by atoms with Gasteiger partial charge in [0.25, 0.3) is 0 Å². The van der Waals surface area contributed by atoms with Gasteiger partial charge in [-0.2, -0.15) is 0 Å². The molecule has 1 fully saturated rings. The van der Waals surface area contributed by atoms with Gasteiger partial charge in [-0.1, -0.05) is 30.1 Å². The number of ether oxygens (including phenoxy) is 1. The third-order valence-corrected chi connectivity index (χ3v) is 4.87. The van der Waals surface area contributed by atoms with E-state index in [1.54, 1.807) is 6.07 Å². The summed E-state index contributed by atoms with van der Waals surface area (Å²) in [5, 5.41) is 4.88. The Labute approximate surface area is 142 Å². The first-order valence-electron chi connectivity index (χ1n) is 7.92. The lowest BCUT2D eigenvalue weighted by atomic mass is 10.0. The van der Waals surface area contributed by atoms with E-state index in [0.29, 0.717) is 22.7 Å². The fraction of sp³-hybridized carbons (Fsp3) is 0.529. The molecular weight excluding hydrogens is 319 g/mol. The largest absolute Gasteiger partial charge is 0.487 e. The predicted octanol–water partition coefficient (Wildman–Crippen LogP) is 3.84. The van der Waals surface area contributed by atoms with Crippen LogP contribution in [0.4, 0.5) is 0 Å². The lowest BCUT2D eigenvalue weighted by Gasteiger charge is -2.32. The Balaban J connectivity index is 1.63. The van der Waals surface area contributed by atoms with Crippen LogP contribution in [0.15, 0.2) is 17.7 Å². The first-order valence-corrected chi connectivity index (χ1v) is 8.68. The number of hydrogen-bond acceptors (Lipinski definition) is 3. The summed E-state index contributed by atoms with van der Waals surface area (Å²) in [5.41, 5.74) is 2.21. The SMILES string of the molecule is CCN1CCCC(NCC2=Cc3cc(Cl)cc(Cl)c3OC2)C1. The zero-order valence-corrected chi connectivity index (χ0v) is 14.4. The van der Waals surface area contributed by atoms with Crippen molar-refractivity contribution in [2.45, 2.75) is 25.8 Å². The van der Waals surface area contributed by atoms with E-state index in [1.165, 1.54) is 25.0 Å². The zero-order chi connectivity index (χ0) is 15.5. The number of benzene rings is 1. The fourth-order valence-electron chi connectivity index (χ4n) is 3.15. The van der Waals surface area contributed by atoms with Gasteiger partial charge in [0, 0.05) is 29.7 Å². The molecule has 0 aromatic heterocycles. The molecule has 1 saturated heterocycles. The number of halogens is 2. The lowest BCUT2D eigenvalue weighted by molar-refractivity contribution is 0.200. The van der Waals surface area contributed by atoms with Crippen molar-refractivity contribution >= 4 is 29.3 Å². The standard InChI is InChI=1S/C17H22Cl2N2O/c1-2-21-5-3-4-15(10-21)20-9-12-6-13-7-14(18)8-16(19)17(13)22-11-12/h6-8,15,20H,2-5,9-11H2,1H3. The summed E-state index contributed by atoms with van der Waals surface area (Å²) in [6, 6.07) is 4.20. The van der Waals surface area contributed by atoms with Crippen molar-refractivity contribution in [3.63, 3.8) is 0 Å². The second kappa shape index (κ2) is 7.22. The predicted molar refractivity (Wildman–Crippen MR) is 93.1 cm³/mol. The molecule has 0 bridgehead atoms. The van der Waals surface area contributed by atoms with Gasteiger partial charge in [0.2, 0.25) is 0 Å². The van der Waals surface area contributed by atoms with E-state index in [-0.39, 0.29) is 0 Å². The minimum Gasteiger partial charge on any atom is -0.487 e. The summed E-state index contributed by atoms with van der Waals surface area (Å²) >= 11 is 12.2. The maximum absolute atomic E-state index is 6.17. The first-order chi connectivity index (χ1) is 10.7. The number of likely N-dealkylation sites (N-methyl/N-ethyl adjacent to an activating group) is 1. The molecule has 2 aliphatic rings. The van der Waals surface area contributed by atoms with Crippen molar-refractivity contribution in [2.75, 3.05) is 32.8 Å². The van der Waals surface area contributed by atoms with Crippen LogP contribution in [0.3, 0.4) is 0 Å². The highest BCUT2D eigenvalue weighted by Crippen LogP contribution is 2.36. The van der Waals surface area contributed by atoms with E-state index in [2.05, 4.69) is 23.2 Å². The molecule has 0 amide bonds. The van der Waals surface area contributed by atoms with Crippen LogP contribution in [0.2, 0.25) is 10.0 Å². The van der Waals surface area contributed by atoms with E-state index >= 15 is 0 Å². The van der Waals surface area contributed by atoms with E-state index < -0.39 is 0 Å². The van der Waals surface area contributed by atoms with Gasteiger partial charge in [-0.05, 0) is 49.7 Å². The average molecular weight is 341 g/mol. The molecule has 2 heterocycles. The van der Waals surface area contributed by atoms with Gasteiger partial charge >= 0.3 is 0 Å². The highest BCUT2D eigenvalue weighted by molar-refractivity contribution is 6.36. The highest BCUT2D eigenvalue weighted by Gasteiger charge is 2.20. The minimum atomic E-state index is 0.568. The maximum Gasteiger partial charge on any atom is 0.145 e. The third kappa shape index (κ3) is 3.77. The third-order valence-electron chi connectivity index (χ3n) is 4.37. The van der Waals surface area contributed by atoms with Crippen molar-refractivity contribution in [3.05, 3.63) is 33.3 Å². The molecule has 1 unspecified atom stereocenters. The maximum atomic E-state index is 6.17. The summed E-state index contributed by atoms with van der Waals surface area (Å²) in [6.45, 7) is 7.17. The van der Waals surface area contributed by atoms with Crippen LogP contribution in [-0.2, 0) is 0 Å². The van der Waals surface area contributed by atoms with Crippen molar-refractivity contribution in [3.8, 4) is 5.75 Å². The smallest absolute Gasteiger partial charge is 0.145 e. The van der Waals surface area contributed by atoms with Crippen LogP contribution in [0.5, 0.6) is 5.75 Å².